The lowest BCUT2D eigenvalue weighted by molar-refractivity contribution is -0.142. The van der Waals surface area contributed by atoms with E-state index in [0.717, 1.165) is 11.8 Å². The van der Waals surface area contributed by atoms with E-state index in [0.29, 0.717) is 18.5 Å². The molecule has 0 bridgehead atoms. The van der Waals surface area contributed by atoms with Gasteiger partial charge >= 0.3 is 12.0 Å². The summed E-state index contributed by atoms with van der Waals surface area (Å²) < 4.78 is 1.17. The van der Waals surface area contributed by atoms with E-state index in [1.807, 2.05) is 29.6 Å². The van der Waals surface area contributed by atoms with Crippen LogP contribution in [0.2, 0.25) is 0 Å². The lowest BCUT2D eigenvalue weighted by atomic mass is 10.0. The Morgan fingerprint density at radius 3 is 2.90 bits per heavy atom. The largest absolute Gasteiger partial charge is 0.481 e. The van der Waals surface area contributed by atoms with Gasteiger partial charge in [-0.05, 0) is 47.9 Å². The summed E-state index contributed by atoms with van der Waals surface area (Å²) >= 11 is 1.65. The maximum Gasteiger partial charge on any atom is 0.319 e. The first-order chi connectivity index (χ1) is 10.1. The number of hydrogen-bond acceptors (Lipinski definition) is 3. The van der Waals surface area contributed by atoms with E-state index in [9.17, 15) is 9.59 Å². The topological polar surface area (TPSA) is 78.4 Å². The van der Waals surface area contributed by atoms with Crippen LogP contribution in [0.15, 0.2) is 29.6 Å². The number of aliphatic carboxylic acids is 1. The maximum absolute atomic E-state index is 12.0. The van der Waals surface area contributed by atoms with Gasteiger partial charge in [-0.25, -0.2) is 4.79 Å². The van der Waals surface area contributed by atoms with E-state index in [4.69, 9.17) is 5.11 Å². The first-order valence-corrected chi connectivity index (χ1v) is 7.79. The summed E-state index contributed by atoms with van der Waals surface area (Å²) in [5, 5.41) is 17.7. The zero-order valence-electron chi connectivity index (χ0n) is 11.3. The Hall–Kier alpha value is -2.08. The molecule has 2 aromatic rings. The van der Waals surface area contributed by atoms with Crippen molar-refractivity contribution in [2.24, 2.45) is 5.92 Å². The predicted molar refractivity (Wildman–Crippen MR) is 82.7 cm³/mol. The molecule has 0 spiro atoms. The van der Waals surface area contributed by atoms with Gasteiger partial charge in [-0.1, -0.05) is 6.42 Å². The smallest absolute Gasteiger partial charge is 0.319 e. The minimum absolute atomic E-state index is 0.285. The Kier molecular flexibility index (Phi) is 3.79. The second kappa shape index (κ2) is 5.73. The third-order valence-electron chi connectivity index (χ3n) is 3.86. The fourth-order valence-corrected chi connectivity index (χ4v) is 3.58. The van der Waals surface area contributed by atoms with Crippen LogP contribution >= 0.6 is 11.3 Å². The number of urea groups is 1. The van der Waals surface area contributed by atoms with E-state index in [1.165, 1.54) is 4.70 Å². The summed E-state index contributed by atoms with van der Waals surface area (Å²) in [5.74, 6) is -1.31. The highest BCUT2D eigenvalue weighted by atomic mass is 32.1. The minimum Gasteiger partial charge on any atom is -0.481 e. The van der Waals surface area contributed by atoms with Crippen LogP contribution in [0.5, 0.6) is 0 Å². The van der Waals surface area contributed by atoms with E-state index in [2.05, 4.69) is 10.6 Å². The number of benzene rings is 1. The third-order valence-corrected chi connectivity index (χ3v) is 4.76. The van der Waals surface area contributed by atoms with Gasteiger partial charge in [0.15, 0.2) is 0 Å². The van der Waals surface area contributed by atoms with Gasteiger partial charge < -0.3 is 15.7 Å². The van der Waals surface area contributed by atoms with Crippen LogP contribution in [0, 0.1) is 5.92 Å². The number of anilines is 1. The summed E-state index contributed by atoms with van der Waals surface area (Å²) in [5.41, 5.74) is 0.711. The average Bonchev–Trinajstić information content (AvgIpc) is 3.06. The lowest BCUT2D eigenvalue weighted by Gasteiger charge is -2.18. The number of carboxylic acid groups (broad SMARTS) is 1. The molecule has 0 aliphatic heterocycles. The second-order valence-electron chi connectivity index (χ2n) is 5.25. The normalized spacial score (nSPS) is 21.3. The van der Waals surface area contributed by atoms with Gasteiger partial charge in [0.1, 0.15) is 0 Å². The highest BCUT2D eigenvalue weighted by Gasteiger charge is 2.33. The molecule has 110 valence electrons. The Labute approximate surface area is 126 Å². The fourth-order valence-electron chi connectivity index (χ4n) is 2.81. The molecule has 2 amide bonds. The summed E-state index contributed by atoms with van der Waals surface area (Å²) in [6, 6.07) is 7.09. The number of amides is 2. The molecule has 2 unspecified atom stereocenters. The highest BCUT2D eigenvalue weighted by Crippen LogP contribution is 2.26. The number of hydrogen-bond donors (Lipinski definition) is 3. The molecule has 3 N–H and O–H groups in total. The zero-order valence-corrected chi connectivity index (χ0v) is 12.2. The highest BCUT2D eigenvalue weighted by molar-refractivity contribution is 7.17. The van der Waals surface area contributed by atoms with Crippen molar-refractivity contribution in [3.63, 3.8) is 0 Å². The first kappa shape index (κ1) is 13.9. The van der Waals surface area contributed by atoms with Crippen molar-refractivity contribution in [1.82, 2.24) is 5.32 Å². The molecular weight excluding hydrogens is 288 g/mol. The summed E-state index contributed by atoms with van der Waals surface area (Å²) in [6.07, 6.45) is 2.18. The standard InChI is InChI=1S/C15H16N2O3S/c18-14(19)11-2-1-3-12(11)17-15(20)16-10-4-5-13-9(8-10)6-7-21-13/h4-8,11-12H,1-3H2,(H,18,19)(H2,16,17,20). The van der Waals surface area contributed by atoms with E-state index < -0.39 is 11.9 Å². The molecule has 1 aromatic carbocycles. The molecule has 0 radical (unpaired) electrons. The number of carbonyl (C=O) groups is 2. The van der Waals surface area contributed by atoms with Crippen LogP contribution in [0.4, 0.5) is 10.5 Å². The summed E-state index contributed by atoms with van der Waals surface area (Å²) in [6.45, 7) is 0. The number of carboxylic acids is 1. The van der Waals surface area contributed by atoms with Gasteiger partial charge in [-0.2, -0.15) is 0 Å². The van der Waals surface area contributed by atoms with Gasteiger partial charge in [0, 0.05) is 16.4 Å². The van der Waals surface area contributed by atoms with E-state index >= 15 is 0 Å². The van der Waals surface area contributed by atoms with Crippen molar-refractivity contribution < 1.29 is 14.7 Å². The van der Waals surface area contributed by atoms with Gasteiger partial charge in [-0.15, -0.1) is 11.3 Å². The van der Waals surface area contributed by atoms with Gasteiger partial charge in [0.2, 0.25) is 0 Å². The molecule has 1 heterocycles. The van der Waals surface area contributed by atoms with Crippen molar-refractivity contribution >= 4 is 39.1 Å². The molecule has 5 nitrogen and oxygen atoms in total. The third kappa shape index (κ3) is 3.00. The molecule has 2 atom stereocenters. The molecular formula is C15H16N2O3S. The molecule has 1 aliphatic rings. The first-order valence-electron chi connectivity index (χ1n) is 6.91. The van der Waals surface area contributed by atoms with Crippen LogP contribution in [-0.4, -0.2) is 23.1 Å². The Morgan fingerprint density at radius 1 is 1.24 bits per heavy atom. The maximum atomic E-state index is 12.0. The van der Waals surface area contributed by atoms with Crippen molar-refractivity contribution in [3.8, 4) is 0 Å². The Balaban J connectivity index is 1.64. The number of nitrogens with one attached hydrogen (secondary N) is 2. The zero-order chi connectivity index (χ0) is 14.8. The van der Waals surface area contributed by atoms with Gasteiger partial charge in [0.05, 0.1) is 5.92 Å². The number of rotatable bonds is 3. The van der Waals surface area contributed by atoms with Crippen LogP contribution in [0.3, 0.4) is 0 Å². The second-order valence-corrected chi connectivity index (χ2v) is 6.20. The Morgan fingerprint density at radius 2 is 2.10 bits per heavy atom. The van der Waals surface area contributed by atoms with Crippen LogP contribution in [-0.2, 0) is 4.79 Å². The monoisotopic (exact) mass is 304 g/mol. The van der Waals surface area contributed by atoms with Gasteiger partial charge in [-0.3, -0.25) is 4.79 Å². The number of thiophene rings is 1. The van der Waals surface area contributed by atoms with E-state index in [-0.39, 0.29) is 12.1 Å². The molecule has 1 aliphatic carbocycles. The van der Waals surface area contributed by atoms with Crippen LogP contribution in [0.1, 0.15) is 19.3 Å². The SMILES string of the molecule is O=C(Nc1ccc2sccc2c1)NC1CCCC1C(=O)O. The average molecular weight is 304 g/mol. The quantitative estimate of drug-likeness (QED) is 0.814. The predicted octanol–water partition coefficient (Wildman–Crippen LogP) is 3.28. The van der Waals surface area contributed by atoms with Crippen LogP contribution in [0.25, 0.3) is 10.1 Å². The van der Waals surface area contributed by atoms with Crippen LogP contribution < -0.4 is 10.6 Å². The Bertz CT molecular complexity index is 682. The van der Waals surface area contributed by atoms with Crippen molar-refractivity contribution in [2.75, 3.05) is 5.32 Å². The molecule has 1 aromatic heterocycles. The summed E-state index contributed by atoms with van der Waals surface area (Å²) in [4.78, 5) is 23.1. The molecule has 1 saturated carbocycles. The fraction of sp³-hybridized carbons (Fsp3) is 0.333. The molecule has 6 heteroatoms. The minimum atomic E-state index is -0.836. The van der Waals surface area contributed by atoms with Crippen molar-refractivity contribution in [1.29, 1.82) is 0 Å². The molecule has 1 fully saturated rings. The lowest BCUT2D eigenvalue weighted by Crippen LogP contribution is -2.42. The molecule has 0 saturated heterocycles. The van der Waals surface area contributed by atoms with E-state index in [1.54, 1.807) is 11.3 Å². The van der Waals surface area contributed by atoms with Gasteiger partial charge in [0.25, 0.3) is 0 Å². The van der Waals surface area contributed by atoms with Crippen molar-refractivity contribution in [2.45, 2.75) is 25.3 Å². The number of fused-ring (bicyclic) bond motifs is 1. The van der Waals surface area contributed by atoms with Crippen molar-refractivity contribution in [3.05, 3.63) is 29.6 Å². The molecule has 3 rings (SSSR count). The number of carbonyl (C=O) groups excluding carboxylic acids is 1. The summed E-state index contributed by atoms with van der Waals surface area (Å²) in [7, 11) is 0. The molecule has 21 heavy (non-hydrogen) atoms.